The lowest BCUT2D eigenvalue weighted by atomic mass is 9.81. The maximum absolute atomic E-state index is 14.3. The number of fused-ring (bicyclic) bond motifs is 2. The summed E-state index contributed by atoms with van der Waals surface area (Å²) < 4.78 is 20.6. The van der Waals surface area contributed by atoms with E-state index in [1.807, 2.05) is 30.1 Å². The minimum absolute atomic E-state index is 0.111. The van der Waals surface area contributed by atoms with Gasteiger partial charge in [0.2, 0.25) is 5.91 Å². The highest BCUT2D eigenvalue weighted by atomic mass is 35.5. The molecule has 2 aliphatic rings. The molecule has 1 spiro atoms. The number of piperidine rings is 1. The molecule has 3 aromatic rings. The Morgan fingerprint density at radius 3 is 2.54 bits per heavy atom. The zero-order valence-corrected chi connectivity index (χ0v) is 24.3. The van der Waals surface area contributed by atoms with Crippen LogP contribution in [-0.4, -0.2) is 37.5 Å². The number of hydrogen-bond donors (Lipinski definition) is 1. The number of carbonyl (C=O) groups is 1. The lowest BCUT2D eigenvalue weighted by molar-refractivity contribution is -0.123. The van der Waals surface area contributed by atoms with Crippen molar-refractivity contribution in [2.24, 2.45) is 0 Å². The van der Waals surface area contributed by atoms with Crippen LogP contribution in [0.2, 0.25) is 10.0 Å². The third kappa shape index (κ3) is 6.20. The zero-order chi connectivity index (χ0) is 29.1. The van der Waals surface area contributed by atoms with Gasteiger partial charge in [-0.05, 0) is 73.1 Å². The van der Waals surface area contributed by atoms with Crippen LogP contribution >= 0.6 is 23.2 Å². The van der Waals surface area contributed by atoms with E-state index in [0.29, 0.717) is 53.8 Å². The van der Waals surface area contributed by atoms with Crippen molar-refractivity contribution < 1.29 is 13.9 Å². The molecule has 1 atom stereocenters. The number of likely N-dealkylation sites (tertiary alicyclic amines) is 1. The Morgan fingerprint density at radius 2 is 1.85 bits per heavy atom. The van der Waals surface area contributed by atoms with Gasteiger partial charge in [0.25, 0.3) is 0 Å². The molecule has 0 radical (unpaired) electrons. The third-order valence-electron chi connectivity index (χ3n) is 8.11. The number of ether oxygens (including phenoxy) is 1. The minimum Gasteiger partial charge on any atom is -0.468 e. The van der Waals surface area contributed by atoms with Gasteiger partial charge in [-0.2, -0.15) is 5.26 Å². The molecule has 1 amide bonds. The summed E-state index contributed by atoms with van der Waals surface area (Å²) >= 11 is 12.5. The molecular formula is C32H31Cl2FN4O2. The van der Waals surface area contributed by atoms with Crippen LogP contribution in [0.5, 0.6) is 0 Å². The van der Waals surface area contributed by atoms with Gasteiger partial charge >= 0.3 is 0 Å². The molecule has 1 unspecified atom stereocenters. The summed E-state index contributed by atoms with van der Waals surface area (Å²) in [6.45, 7) is 6.57. The Kier molecular flexibility index (Phi) is 8.55. The van der Waals surface area contributed by atoms with Crippen molar-refractivity contribution in [2.45, 2.75) is 37.3 Å². The van der Waals surface area contributed by atoms with Crippen LogP contribution in [0, 0.1) is 17.1 Å². The van der Waals surface area contributed by atoms with E-state index in [9.17, 15) is 9.18 Å². The van der Waals surface area contributed by atoms with Gasteiger partial charge < -0.3 is 19.9 Å². The average Bonchev–Trinajstić information content (AvgIpc) is 2.98. The highest BCUT2D eigenvalue weighted by molar-refractivity contribution is 6.42. The number of anilines is 1. The summed E-state index contributed by atoms with van der Waals surface area (Å²) in [5, 5.41) is 12.9. The Hall–Kier alpha value is -3.57. The largest absolute Gasteiger partial charge is 0.468 e. The lowest BCUT2D eigenvalue weighted by Crippen LogP contribution is -2.48. The number of nitrogens with zero attached hydrogens (tertiary/aromatic N) is 3. The Labute approximate surface area is 249 Å². The molecule has 41 heavy (non-hydrogen) atoms. The number of amides is 1. The van der Waals surface area contributed by atoms with E-state index in [2.05, 4.69) is 22.9 Å². The van der Waals surface area contributed by atoms with Crippen LogP contribution in [0.25, 0.3) is 0 Å². The first kappa shape index (κ1) is 28.9. The van der Waals surface area contributed by atoms with Crippen LogP contribution < -0.4 is 10.2 Å². The van der Waals surface area contributed by atoms with E-state index in [1.165, 1.54) is 6.07 Å². The second kappa shape index (κ2) is 12.1. The number of hydrogen-bond acceptors (Lipinski definition) is 5. The molecule has 0 aliphatic carbocycles. The summed E-state index contributed by atoms with van der Waals surface area (Å²) in [6, 6.07) is 19.4. The quantitative estimate of drug-likeness (QED) is 0.329. The predicted molar refractivity (Wildman–Crippen MR) is 159 cm³/mol. The van der Waals surface area contributed by atoms with Gasteiger partial charge in [-0.25, -0.2) is 4.39 Å². The molecule has 9 heteroatoms. The number of rotatable bonds is 7. The fourth-order valence-corrected chi connectivity index (χ4v) is 5.96. The molecule has 2 aliphatic heterocycles. The lowest BCUT2D eigenvalue weighted by Gasteiger charge is -2.48. The molecule has 1 fully saturated rings. The van der Waals surface area contributed by atoms with E-state index >= 15 is 0 Å². The number of benzene rings is 3. The highest BCUT2D eigenvalue weighted by Gasteiger charge is 2.44. The van der Waals surface area contributed by atoms with Crippen molar-refractivity contribution in [1.82, 2.24) is 10.2 Å². The first-order valence-electron chi connectivity index (χ1n) is 13.5. The minimum atomic E-state index is -0.626. The van der Waals surface area contributed by atoms with E-state index in [4.69, 9.17) is 33.2 Å². The Morgan fingerprint density at radius 1 is 1.12 bits per heavy atom. The molecule has 2 heterocycles. The van der Waals surface area contributed by atoms with Crippen LogP contribution in [0.3, 0.4) is 0 Å². The number of carbonyl (C=O) groups excluding carboxylic acids is 1. The Balaban J connectivity index is 1.27. The summed E-state index contributed by atoms with van der Waals surface area (Å²) in [7, 11) is 1.87. The number of nitriles is 1. The van der Waals surface area contributed by atoms with Crippen LogP contribution in [0.4, 0.5) is 10.1 Å². The molecular weight excluding hydrogens is 562 g/mol. The molecule has 0 bridgehead atoms. The molecule has 5 rings (SSSR count). The van der Waals surface area contributed by atoms with E-state index in [-0.39, 0.29) is 11.7 Å². The van der Waals surface area contributed by atoms with Gasteiger partial charge in [0, 0.05) is 45.1 Å². The smallest absolute Gasteiger partial charge is 0.227 e. The monoisotopic (exact) mass is 592 g/mol. The second-order valence-electron chi connectivity index (χ2n) is 10.6. The number of nitrogens with one attached hydrogen (secondary N) is 1. The maximum Gasteiger partial charge on any atom is 0.227 e. The summed E-state index contributed by atoms with van der Waals surface area (Å²) in [6.07, 6.45) is 1.93. The Bertz CT molecular complexity index is 1500. The van der Waals surface area contributed by atoms with Crippen LogP contribution in [0.1, 0.15) is 47.4 Å². The standard InChI is InChI=1S/C32H31Cl2FN4O2/c1-21-38(2)30-10-8-25(35)18-27(30)32(41-21)12-15-39(16-13-32)14-11-26(24-7-9-28(33)29(34)17-24)31(40)37-20-23-5-3-22(19-36)4-6-23/h3-10,17-18,26H,1,11-16,20H2,2H3,(H,37,40). The molecule has 212 valence electrons. The molecule has 3 aromatic carbocycles. The molecule has 1 saturated heterocycles. The van der Waals surface area contributed by atoms with Crippen molar-refractivity contribution in [3.05, 3.63) is 111 Å². The SMILES string of the molecule is C=C1OC2(CCN(CCC(C(=O)NCc3ccc(C#N)cc3)c3ccc(Cl)c(Cl)c3)CC2)c2cc(F)ccc2N1C. The van der Waals surface area contributed by atoms with Crippen LogP contribution in [-0.2, 0) is 21.7 Å². The van der Waals surface area contributed by atoms with Gasteiger partial charge in [-0.3, -0.25) is 4.79 Å². The normalized spacial score (nSPS) is 17.0. The highest BCUT2D eigenvalue weighted by Crippen LogP contribution is 2.47. The van der Waals surface area contributed by atoms with E-state index in [1.54, 1.807) is 36.4 Å². The van der Waals surface area contributed by atoms with Crippen LogP contribution in [0.15, 0.2) is 73.1 Å². The van der Waals surface area contributed by atoms with Crippen molar-refractivity contribution in [3.63, 3.8) is 0 Å². The van der Waals surface area contributed by atoms with Crippen molar-refractivity contribution in [2.75, 3.05) is 31.6 Å². The van der Waals surface area contributed by atoms with Crippen molar-refractivity contribution in [1.29, 1.82) is 5.26 Å². The van der Waals surface area contributed by atoms with Gasteiger partial charge in [0.1, 0.15) is 11.4 Å². The predicted octanol–water partition coefficient (Wildman–Crippen LogP) is 6.72. The third-order valence-corrected chi connectivity index (χ3v) is 8.85. The first-order valence-corrected chi connectivity index (χ1v) is 14.3. The fraction of sp³-hybridized carbons (Fsp3) is 0.312. The van der Waals surface area contributed by atoms with Crippen molar-refractivity contribution in [3.8, 4) is 6.07 Å². The molecule has 6 nitrogen and oxygen atoms in total. The van der Waals surface area contributed by atoms with E-state index < -0.39 is 11.5 Å². The van der Waals surface area contributed by atoms with Crippen molar-refractivity contribution >= 4 is 34.8 Å². The van der Waals surface area contributed by atoms with Gasteiger partial charge in [0.15, 0.2) is 5.88 Å². The van der Waals surface area contributed by atoms with Gasteiger partial charge in [-0.1, -0.05) is 41.4 Å². The second-order valence-corrected chi connectivity index (χ2v) is 11.4. The van der Waals surface area contributed by atoms with Gasteiger partial charge in [-0.15, -0.1) is 0 Å². The summed E-state index contributed by atoms with van der Waals surface area (Å²) in [5.41, 5.74) is 3.41. The fourth-order valence-electron chi connectivity index (χ4n) is 5.66. The average molecular weight is 594 g/mol. The zero-order valence-electron chi connectivity index (χ0n) is 22.8. The van der Waals surface area contributed by atoms with E-state index in [0.717, 1.165) is 35.5 Å². The topological polar surface area (TPSA) is 68.6 Å². The van der Waals surface area contributed by atoms with Gasteiger partial charge in [0.05, 0.1) is 33.3 Å². The summed E-state index contributed by atoms with van der Waals surface area (Å²) in [4.78, 5) is 17.6. The molecule has 0 saturated carbocycles. The first-order chi connectivity index (χ1) is 19.7. The maximum atomic E-state index is 14.3. The summed E-state index contributed by atoms with van der Waals surface area (Å²) in [5.74, 6) is -0.281. The molecule has 1 N–H and O–H groups in total. The molecule has 0 aromatic heterocycles. The number of halogens is 3.